The van der Waals surface area contributed by atoms with Crippen molar-refractivity contribution in [2.75, 3.05) is 0 Å². The predicted molar refractivity (Wildman–Crippen MR) is 336 cm³/mol. The van der Waals surface area contributed by atoms with Crippen LogP contribution in [0.5, 0.6) is 0 Å². The Balaban J connectivity index is 0.870. The van der Waals surface area contributed by atoms with E-state index in [1.165, 1.54) is 62.9 Å². The van der Waals surface area contributed by atoms with Crippen molar-refractivity contribution in [2.24, 2.45) is 0 Å². The van der Waals surface area contributed by atoms with Crippen LogP contribution in [0, 0.1) is 0 Å². The van der Waals surface area contributed by atoms with Crippen LogP contribution in [-0.4, -0.2) is 13.7 Å². The lowest BCUT2D eigenvalue weighted by molar-refractivity contribution is -0.138. The summed E-state index contributed by atoms with van der Waals surface area (Å²) < 4.78 is 90.7. The molecule has 0 N–H and O–H groups in total. The third-order valence-electron chi connectivity index (χ3n) is 17.3. The van der Waals surface area contributed by atoms with Crippen molar-refractivity contribution < 1.29 is 26.3 Å². The van der Waals surface area contributed by atoms with Gasteiger partial charge in [-0.15, -0.1) is 0 Å². The van der Waals surface area contributed by atoms with E-state index in [-0.39, 0.29) is 0 Å². The van der Waals surface area contributed by atoms with Crippen molar-refractivity contribution in [3.63, 3.8) is 0 Å². The van der Waals surface area contributed by atoms with E-state index in [0.29, 0.717) is 11.4 Å². The Bertz CT molecular complexity index is 5030. The van der Waals surface area contributed by atoms with E-state index in [0.717, 1.165) is 124 Å². The van der Waals surface area contributed by atoms with Gasteiger partial charge in [0.2, 0.25) is 0 Å². The number of alkyl halides is 6. The third kappa shape index (κ3) is 8.12. The quantitative estimate of drug-likeness (QED) is 0.141. The van der Waals surface area contributed by atoms with E-state index in [1.807, 2.05) is 81.9 Å². The number of allylic oxidation sites excluding steroid dienone is 1. The van der Waals surface area contributed by atoms with Crippen molar-refractivity contribution in [3.8, 4) is 61.6 Å². The molecule has 0 spiro atoms. The molecule has 408 valence electrons. The summed E-state index contributed by atoms with van der Waals surface area (Å²) >= 11 is 0. The van der Waals surface area contributed by atoms with Crippen LogP contribution in [0.25, 0.3) is 144 Å². The molecule has 9 heteroatoms. The molecular formula is C76H47F6N3. The number of halogens is 6. The van der Waals surface area contributed by atoms with Crippen LogP contribution < -0.4 is 0 Å². The van der Waals surface area contributed by atoms with Gasteiger partial charge in [0, 0.05) is 49.4 Å². The fourth-order valence-electron chi connectivity index (χ4n) is 13.6. The van der Waals surface area contributed by atoms with Gasteiger partial charge in [-0.1, -0.05) is 152 Å². The molecule has 85 heavy (non-hydrogen) atoms. The molecule has 16 rings (SSSR count). The van der Waals surface area contributed by atoms with Gasteiger partial charge in [0.25, 0.3) is 0 Å². The Hall–Kier alpha value is -10.4. The van der Waals surface area contributed by atoms with Gasteiger partial charge in [-0.2, -0.15) is 26.3 Å². The standard InChI is InChI=1S/C76H47F6N3/c77-75(78,79)52-16-12-18-55(44-52)84-67-26-10-8-20-57(67)63-40-48(30-36-69(63)84)50-32-38-71-65(42-50)66-43-51(49-31-37-70-64(41-49)58-21-9-11-27-68(58)85(70)56-19-13-17-53(45-56)76(80,81)82)33-39-72(66)83(71)54-34-28-47(29-35-54)74-61-24-6-4-22-59(61)73(46-14-2-1-3-15-46)60-23-5-7-25-62(60)74/h1-4,6-22,24-45H,5,23H2. The molecule has 0 saturated carbocycles. The highest BCUT2D eigenvalue weighted by Crippen LogP contribution is 2.47. The SMILES string of the molecule is FC(F)(F)c1cccc(-n2c3ccccc3c3cc(-c4ccc5c(c4)c4cc(-c6ccc7c(c6)c6ccccc6n7-c6cccc(C(F)(F)F)c6)ccc4n5-c4ccc(-c5c6c(c(-c7ccccc7)c7ccccc57)CCC=C6)cc4)ccc32)c1. The van der Waals surface area contributed by atoms with Crippen LogP contribution >= 0.6 is 0 Å². The van der Waals surface area contributed by atoms with E-state index >= 15 is 0 Å². The largest absolute Gasteiger partial charge is 0.416 e. The van der Waals surface area contributed by atoms with Gasteiger partial charge in [0.05, 0.1) is 44.2 Å². The average Bonchev–Trinajstić information content (AvgIpc) is 2.20. The van der Waals surface area contributed by atoms with Crippen LogP contribution in [0.4, 0.5) is 26.3 Å². The van der Waals surface area contributed by atoms with Crippen molar-refractivity contribution in [2.45, 2.75) is 25.2 Å². The van der Waals surface area contributed by atoms with E-state index in [1.54, 1.807) is 12.1 Å². The number of hydrogen-bond acceptors (Lipinski definition) is 0. The van der Waals surface area contributed by atoms with Gasteiger partial charge in [-0.25, -0.2) is 0 Å². The van der Waals surface area contributed by atoms with Crippen molar-refractivity contribution in [1.82, 2.24) is 13.7 Å². The number of hydrogen-bond donors (Lipinski definition) is 0. The maximum Gasteiger partial charge on any atom is 0.416 e. The van der Waals surface area contributed by atoms with E-state index in [2.05, 4.69) is 144 Å². The maximum absolute atomic E-state index is 14.1. The lowest BCUT2D eigenvalue weighted by Gasteiger charge is -2.24. The fourth-order valence-corrected chi connectivity index (χ4v) is 13.6. The van der Waals surface area contributed by atoms with Crippen LogP contribution in [0.2, 0.25) is 0 Å². The first-order valence-electron chi connectivity index (χ1n) is 28.3. The molecule has 0 unspecified atom stereocenters. The van der Waals surface area contributed by atoms with Gasteiger partial charge in [0.15, 0.2) is 0 Å². The fraction of sp³-hybridized carbons (Fsp3) is 0.0526. The lowest BCUT2D eigenvalue weighted by Crippen LogP contribution is -2.06. The minimum Gasteiger partial charge on any atom is -0.309 e. The molecule has 3 aromatic heterocycles. The Labute approximate surface area is 483 Å². The monoisotopic (exact) mass is 1120 g/mol. The molecular weight excluding hydrogens is 1070 g/mol. The highest BCUT2D eigenvalue weighted by atomic mass is 19.4. The molecule has 0 bridgehead atoms. The summed E-state index contributed by atoms with van der Waals surface area (Å²) in [5, 5.41) is 8.16. The summed E-state index contributed by atoms with van der Waals surface area (Å²) in [7, 11) is 0. The summed E-state index contributed by atoms with van der Waals surface area (Å²) in [6.45, 7) is 0. The van der Waals surface area contributed by atoms with Gasteiger partial charge >= 0.3 is 12.4 Å². The predicted octanol–water partition coefficient (Wildman–Crippen LogP) is 21.8. The highest BCUT2D eigenvalue weighted by molar-refractivity contribution is 6.15. The summed E-state index contributed by atoms with van der Waals surface area (Å²) in [5.41, 5.74) is 17.0. The molecule has 3 heterocycles. The van der Waals surface area contributed by atoms with Crippen LogP contribution in [-0.2, 0) is 18.8 Å². The average molecular weight is 1120 g/mol. The zero-order valence-electron chi connectivity index (χ0n) is 45.3. The van der Waals surface area contributed by atoms with E-state index in [9.17, 15) is 26.3 Å². The molecule has 3 nitrogen and oxygen atoms in total. The third-order valence-corrected chi connectivity index (χ3v) is 17.3. The lowest BCUT2D eigenvalue weighted by atomic mass is 9.80. The van der Waals surface area contributed by atoms with Crippen molar-refractivity contribution in [1.29, 1.82) is 0 Å². The summed E-state index contributed by atoms with van der Waals surface area (Å²) in [4.78, 5) is 0. The molecule has 15 aromatic rings. The second-order valence-electron chi connectivity index (χ2n) is 22.1. The molecule has 0 aliphatic heterocycles. The Kier molecular flexibility index (Phi) is 11.3. The minimum absolute atomic E-state index is 0.429. The van der Waals surface area contributed by atoms with Crippen molar-refractivity contribution in [3.05, 3.63) is 277 Å². The smallest absolute Gasteiger partial charge is 0.309 e. The molecule has 0 amide bonds. The Morgan fingerprint density at radius 1 is 0.282 bits per heavy atom. The number of nitrogens with zero attached hydrogens (tertiary/aromatic N) is 3. The Morgan fingerprint density at radius 2 is 0.659 bits per heavy atom. The number of fused-ring (bicyclic) bond motifs is 11. The Morgan fingerprint density at radius 3 is 1.13 bits per heavy atom. The number of para-hydroxylation sites is 2. The summed E-state index contributed by atoms with van der Waals surface area (Å²) in [6, 6.07) is 80.5. The summed E-state index contributed by atoms with van der Waals surface area (Å²) in [6.07, 6.45) is -2.47. The first kappa shape index (κ1) is 50.4. The number of aromatic nitrogens is 3. The maximum atomic E-state index is 14.1. The second-order valence-corrected chi connectivity index (χ2v) is 22.1. The van der Waals surface area contributed by atoms with Crippen LogP contribution in [0.15, 0.2) is 255 Å². The number of rotatable bonds is 7. The van der Waals surface area contributed by atoms with Gasteiger partial charge in [-0.3, -0.25) is 0 Å². The topological polar surface area (TPSA) is 14.8 Å². The molecule has 1 aliphatic carbocycles. The van der Waals surface area contributed by atoms with Crippen LogP contribution in [0.1, 0.15) is 28.7 Å². The number of benzene rings is 12. The molecule has 1 aliphatic rings. The van der Waals surface area contributed by atoms with E-state index in [4.69, 9.17) is 0 Å². The van der Waals surface area contributed by atoms with Gasteiger partial charge < -0.3 is 13.7 Å². The van der Waals surface area contributed by atoms with E-state index < -0.39 is 23.5 Å². The summed E-state index contributed by atoms with van der Waals surface area (Å²) in [5.74, 6) is 0. The molecule has 0 saturated heterocycles. The molecule has 12 aromatic carbocycles. The minimum atomic E-state index is -4.50. The first-order valence-corrected chi connectivity index (χ1v) is 28.3. The first-order chi connectivity index (χ1) is 41.4. The molecule has 0 fully saturated rings. The zero-order valence-corrected chi connectivity index (χ0v) is 45.3. The highest BCUT2D eigenvalue weighted by Gasteiger charge is 2.32. The normalized spacial score (nSPS) is 12.9. The molecule has 0 atom stereocenters. The van der Waals surface area contributed by atoms with Gasteiger partial charge in [-0.05, 0) is 188 Å². The zero-order chi connectivity index (χ0) is 57.3. The molecule has 0 radical (unpaired) electrons. The van der Waals surface area contributed by atoms with Gasteiger partial charge in [0.1, 0.15) is 0 Å². The van der Waals surface area contributed by atoms with Crippen LogP contribution in [0.3, 0.4) is 0 Å². The second kappa shape index (κ2) is 19.1. The van der Waals surface area contributed by atoms with Crippen molar-refractivity contribution >= 4 is 82.3 Å².